The van der Waals surface area contributed by atoms with Crippen molar-refractivity contribution >= 4 is 11.5 Å². The number of allylic oxidation sites excluding steroid dienone is 1. The highest BCUT2D eigenvalue weighted by molar-refractivity contribution is 6.08. The molecule has 3 nitrogen and oxygen atoms in total. The van der Waals surface area contributed by atoms with E-state index >= 15 is 0 Å². The Bertz CT molecular complexity index is 1080. The molecule has 0 bridgehead atoms. The Kier molecular flexibility index (Phi) is 11.3. The van der Waals surface area contributed by atoms with Gasteiger partial charge in [0.05, 0.1) is 6.61 Å². The molecule has 0 radical (unpaired) electrons. The average molecular weight is 485 g/mol. The molecule has 3 aromatic rings. The van der Waals surface area contributed by atoms with Gasteiger partial charge in [-0.15, -0.1) is 0 Å². The first-order valence-electron chi connectivity index (χ1n) is 13.5. The van der Waals surface area contributed by atoms with Gasteiger partial charge in [0.15, 0.2) is 5.78 Å². The van der Waals surface area contributed by atoms with Crippen LogP contribution in [-0.4, -0.2) is 17.5 Å². The van der Waals surface area contributed by atoms with Crippen molar-refractivity contribution in [1.29, 1.82) is 0 Å². The van der Waals surface area contributed by atoms with E-state index in [1.807, 2.05) is 31.2 Å². The van der Waals surface area contributed by atoms with Crippen molar-refractivity contribution in [2.45, 2.75) is 71.6 Å². The molecule has 0 aromatic heterocycles. The van der Waals surface area contributed by atoms with Gasteiger partial charge in [0.25, 0.3) is 0 Å². The molecule has 0 saturated heterocycles. The lowest BCUT2D eigenvalue weighted by Gasteiger charge is -2.07. The minimum Gasteiger partial charge on any atom is -0.507 e. The van der Waals surface area contributed by atoms with Crippen molar-refractivity contribution in [3.8, 4) is 16.9 Å². The van der Waals surface area contributed by atoms with E-state index in [0.717, 1.165) is 23.3 Å². The van der Waals surface area contributed by atoms with Crippen molar-refractivity contribution < 1.29 is 14.6 Å². The monoisotopic (exact) mass is 484 g/mol. The van der Waals surface area contributed by atoms with Crippen LogP contribution in [0.4, 0.5) is 0 Å². The Morgan fingerprint density at radius 3 is 1.81 bits per heavy atom. The number of carbonyl (C=O) groups is 1. The van der Waals surface area contributed by atoms with E-state index in [1.165, 1.54) is 63.0 Å². The fraction of sp³-hybridized carbons (Fsp3) is 0.364. The molecule has 0 atom stereocenters. The fourth-order valence-corrected chi connectivity index (χ4v) is 4.33. The van der Waals surface area contributed by atoms with Gasteiger partial charge in [-0.2, -0.15) is 0 Å². The summed E-state index contributed by atoms with van der Waals surface area (Å²) in [4.78, 5) is 12.6. The molecule has 0 aliphatic carbocycles. The number of rotatable bonds is 15. The second-order valence-corrected chi connectivity index (χ2v) is 9.35. The largest absolute Gasteiger partial charge is 0.507 e. The van der Waals surface area contributed by atoms with E-state index in [4.69, 9.17) is 4.74 Å². The van der Waals surface area contributed by atoms with Crippen LogP contribution in [-0.2, 0) is 6.42 Å². The van der Waals surface area contributed by atoms with Crippen molar-refractivity contribution in [3.05, 3.63) is 95.6 Å². The maximum absolute atomic E-state index is 12.6. The van der Waals surface area contributed by atoms with E-state index in [9.17, 15) is 9.90 Å². The summed E-state index contributed by atoms with van der Waals surface area (Å²) in [6.45, 7) is 4.76. The minimum absolute atomic E-state index is 0.0563. The van der Waals surface area contributed by atoms with Gasteiger partial charge in [-0.3, -0.25) is 4.79 Å². The van der Waals surface area contributed by atoms with E-state index in [2.05, 4.69) is 31.2 Å². The molecule has 0 spiro atoms. The molecule has 3 rings (SSSR count). The number of unbranched alkanes of at least 4 members (excludes halogenated alkanes) is 7. The van der Waals surface area contributed by atoms with Crippen molar-refractivity contribution in [2.24, 2.45) is 0 Å². The van der Waals surface area contributed by atoms with Crippen molar-refractivity contribution in [2.75, 3.05) is 6.61 Å². The van der Waals surface area contributed by atoms with Crippen LogP contribution in [0, 0.1) is 0 Å². The van der Waals surface area contributed by atoms with Crippen LogP contribution in [0.25, 0.3) is 16.9 Å². The quantitative estimate of drug-likeness (QED) is 0.101. The van der Waals surface area contributed by atoms with Crippen LogP contribution >= 0.6 is 0 Å². The topological polar surface area (TPSA) is 46.5 Å². The molecule has 3 heteroatoms. The summed E-state index contributed by atoms with van der Waals surface area (Å²) in [5.74, 6) is 0.449. The van der Waals surface area contributed by atoms with Crippen LogP contribution < -0.4 is 4.74 Å². The van der Waals surface area contributed by atoms with Gasteiger partial charge in [-0.25, -0.2) is 0 Å². The summed E-state index contributed by atoms with van der Waals surface area (Å²) >= 11 is 0. The van der Waals surface area contributed by atoms with Gasteiger partial charge in [0.1, 0.15) is 11.5 Å². The summed E-state index contributed by atoms with van der Waals surface area (Å²) < 4.78 is 5.42. The van der Waals surface area contributed by atoms with E-state index in [1.54, 1.807) is 24.3 Å². The van der Waals surface area contributed by atoms with Crippen molar-refractivity contribution in [1.82, 2.24) is 0 Å². The lowest BCUT2D eigenvalue weighted by Crippen LogP contribution is -1.97. The van der Waals surface area contributed by atoms with E-state index < -0.39 is 0 Å². The van der Waals surface area contributed by atoms with E-state index in [-0.39, 0.29) is 11.5 Å². The lowest BCUT2D eigenvalue weighted by atomic mass is 9.99. The summed E-state index contributed by atoms with van der Waals surface area (Å²) in [6.07, 6.45) is 13.1. The molecular weight excluding hydrogens is 444 g/mol. The molecule has 190 valence electrons. The zero-order valence-electron chi connectivity index (χ0n) is 21.8. The van der Waals surface area contributed by atoms with Crippen LogP contribution in [0.2, 0.25) is 0 Å². The number of hydrogen-bond donors (Lipinski definition) is 1. The number of aliphatic hydroxyl groups is 1. The zero-order chi connectivity index (χ0) is 25.6. The molecule has 0 heterocycles. The number of aliphatic hydroxyl groups excluding tert-OH is 1. The Morgan fingerprint density at radius 2 is 1.22 bits per heavy atom. The van der Waals surface area contributed by atoms with Crippen LogP contribution in [0.5, 0.6) is 5.75 Å². The van der Waals surface area contributed by atoms with E-state index in [0.29, 0.717) is 17.7 Å². The molecule has 3 aromatic carbocycles. The maximum atomic E-state index is 12.6. The SMILES string of the molecule is CCCCCCCCCCc1ccc(-c2ccc(C(=O)/C=C(\O)c3ccc(OCC)cc3)cc2)cc1. The first-order chi connectivity index (χ1) is 17.6. The third-order valence-electron chi connectivity index (χ3n) is 6.50. The van der Waals surface area contributed by atoms with Gasteiger partial charge in [-0.05, 0) is 60.7 Å². The molecule has 0 fully saturated rings. The second kappa shape index (κ2) is 14.9. The van der Waals surface area contributed by atoms with Gasteiger partial charge < -0.3 is 9.84 Å². The molecule has 0 saturated carbocycles. The first-order valence-corrected chi connectivity index (χ1v) is 13.5. The molecule has 0 aliphatic heterocycles. The smallest absolute Gasteiger partial charge is 0.189 e. The molecule has 1 N–H and O–H groups in total. The van der Waals surface area contributed by atoms with Gasteiger partial charge in [0.2, 0.25) is 0 Å². The summed E-state index contributed by atoms with van der Waals surface area (Å²) in [5, 5.41) is 10.4. The average Bonchev–Trinajstić information content (AvgIpc) is 2.91. The Hall–Kier alpha value is -3.33. The minimum atomic E-state index is -0.228. The summed E-state index contributed by atoms with van der Waals surface area (Å²) in [5.41, 5.74) is 4.72. The third-order valence-corrected chi connectivity index (χ3v) is 6.50. The highest BCUT2D eigenvalue weighted by Crippen LogP contribution is 2.23. The van der Waals surface area contributed by atoms with Crippen LogP contribution in [0.1, 0.15) is 86.7 Å². The molecule has 0 unspecified atom stereocenters. The third kappa shape index (κ3) is 8.71. The van der Waals surface area contributed by atoms with Crippen LogP contribution in [0.3, 0.4) is 0 Å². The predicted molar refractivity (Wildman–Crippen MR) is 151 cm³/mol. The maximum Gasteiger partial charge on any atom is 0.189 e. The highest BCUT2D eigenvalue weighted by Gasteiger charge is 2.08. The predicted octanol–water partition coefficient (Wildman–Crippen LogP) is 9.22. The summed E-state index contributed by atoms with van der Waals surface area (Å²) in [6, 6.07) is 23.3. The van der Waals surface area contributed by atoms with Crippen molar-refractivity contribution in [3.63, 3.8) is 0 Å². The first kappa shape index (κ1) is 27.3. The van der Waals surface area contributed by atoms with Gasteiger partial charge in [0, 0.05) is 17.2 Å². The standard InChI is InChI=1S/C33H40O3/c1-3-5-6-7-8-9-10-11-12-26-13-15-27(16-14-26)28-17-19-29(20-18-28)32(34)25-33(35)30-21-23-31(24-22-30)36-4-2/h13-25,35H,3-12H2,1-2H3/b33-25-. The lowest BCUT2D eigenvalue weighted by molar-refractivity contribution is 0.104. The zero-order valence-corrected chi connectivity index (χ0v) is 21.8. The number of hydrogen-bond acceptors (Lipinski definition) is 3. The Labute approximate surface area is 216 Å². The molecule has 36 heavy (non-hydrogen) atoms. The van der Waals surface area contributed by atoms with Gasteiger partial charge >= 0.3 is 0 Å². The number of ether oxygens (including phenoxy) is 1. The number of carbonyl (C=O) groups excluding carboxylic acids is 1. The normalized spacial score (nSPS) is 11.4. The fourth-order valence-electron chi connectivity index (χ4n) is 4.33. The number of benzene rings is 3. The molecular formula is C33H40O3. The van der Waals surface area contributed by atoms with Crippen LogP contribution in [0.15, 0.2) is 78.9 Å². The van der Waals surface area contributed by atoms with Gasteiger partial charge in [-0.1, -0.05) is 100 Å². The number of aryl methyl sites for hydroxylation is 1. The summed E-state index contributed by atoms with van der Waals surface area (Å²) in [7, 11) is 0. The molecule has 0 amide bonds. The number of ketones is 1. The Morgan fingerprint density at radius 1 is 0.694 bits per heavy atom. The highest BCUT2D eigenvalue weighted by atomic mass is 16.5. The second-order valence-electron chi connectivity index (χ2n) is 9.35. The molecule has 0 aliphatic rings. The Balaban J connectivity index is 1.50.